The molecule has 3 aliphatic rings. The van der Waals surface area contributed by atoms with Crippen molar-refractivity contribution in [2.45, 2.75) is 51.7 Å². The van der Waals surface area contributed by atoms with E-state index in [4.69, 9.17) is 0 Å². The van der Waals surface area contributed by atoms with E-state index in [1.165, 1.54) is 25.8 Å². The van der Waals surface area contributed by atoms with Crippen molar-refractivity contribution in [2.24, 2.45) is 17.3 Å². The molecular formula is C13H23NO. The van der Waals surface area contributed by atoms with Gasteiger partial charge in [0.2, 0.25) is 0 Å². The van der Waals surface area contributed by atoms with Gasteiger partial charge in [0, 0.05) is 18.5 Å². The van der Waals surface area contributed by atoms with Gasteiger partial charge in [-0.1, -0.05) is 13.8 Å². The van der Waals surface area contributed by atoms with E-state index in [1.807, 2.05) is 0 Å². The fourth-order valence-corrected chi connectivity index (χ4v) is 4.75. The molecule has 86 valence electrons. The van der Waals surface area contributed by atoms with Crippen molar-refractivity contribution in [1.29, 1.82) is 0 Å². The molecule has 2 heteroatoms. The molecule has 15 heavy (non-hydrogen) atoms. The summed E-state index contributed by atoms with van der Waals surface area (Å²) in [7, 11) is 0. The Morgan fingerprint density at radius 1 is 1.33 bits per heavy atom. The summed E-state index contributed by atoms with van der Waals surface area (Å²) in [4.78, 5) is 2.64. The first-order chi connectivity index (χ1) is 7.15. The van der Waals surface area contributed by atoms with E-state index in [-0.39, 0.29) is 6.10 Å². The van der Waals surface area contributed by atoms with Crippen molar-refractivity contribution in [1.82, 2.24) is 4.90 Å². The highest BCUT2D eigenvalue weighted by molar-refractivity contribution is 5.09. The number of likely N-dealkylation sites (tertiary alicyclic amines) is 1. The number of rotatable bonds is 1. The Hall–Kier alpha value is -0.0800. The van der Waals surface area contributed by atoms with Gasteiger partial charge in [-0.05, 0) is 43.6 Å². The highest BCUT2D eigenvalue weighted by Crippen LogP contribution is 2.57. The summed E-state index contributed by atoms with van der Waals surface area (Å²) in [6.07, 6.45) is 4.96. The van der Waals surface area contributed by atoms with Gasteiger partial charge in [-0.25, -0.2) is 0 Å². The lowest BCUT2D eigenvalue weighted by atomic mass is 9.59. The number of hydrogen-bond donors (Lipinski definition) is 1. The van der Waals surface area contributed by atoms with E-state index in [1.54, 1.807) is 0 Å². The molecule has 1 saturated heterocycles. The summed E-state index contributed by atoms with van der Waals surface area (Å²) < 4.78 is 0. The average Bonchev–Trinajstić information content (AvgIpc) is 2.61. The molecule has 0 aromatic heterocycles. The standard InChI is InChI=1S/C13H23NO/c1-3-14-8-13(2)7-6-11(15)12-9(13)4-5-10(12)14/h9-12,15H,3-8H2,1-2H3/t9-,10+,11-,12-,13-/m0/s1. The molecule has 2 nitrogen and oxygen atoms in total. The Morgan fingerprint density at radius 2 is 2.13 bits per heavy atom. The maximum atomic E-state index is 10.2. The maximum absolute atomic E-state index is 10.2. The summed E-state index contributed by atoms with van der Waals surface area (Å²) in [5.74, 6) is 1.41. The lowest BCUT2D eigenvalue weighted by molar-refractivity contribution is -0.104. The van der Waals surface area contributed by atoms with Crippen molar-refractivity contribution in [2.75, 3.05) is 13.1 Å². The molecule has 1 aliphatic heterocycles. The summed E-state index contributed by atoms with van der Waals surface area (Å²) in [6.45, 7) is 7.17. The Labute approximate surface area is 92.7 Å². The molecule has 1 N–H and O–H groups in total. The third kappa shape index (κ3) is 1.24. The molecule has 0 aromatic carbocycles. The van der Waals surface area contributed by atoms with Crippen molar-refractivity contribution < 1.29 is 5.11 Å². The number of piperidine rings is 1. The molecule has 0 spiro atoms. The van der Waals surface area contributed by atoms with Gasteiger partial charge in [0.05, 0.1) is 6.10 Å². The van der Waals surface area contributed by atoms with Gasteiger partial charge in [0.25, 0.3) is 0 Å². The van der Waals surface area contributed by atoms with Crippen LogP contribution in [0.1, 0.15) is 39.5 Å². The van der Waals surface area contributed by atoms with E-state index in [2.05, 4.69) is 18.7 Å². The minimum Gasteiger partial charge on any atom is -0.393 e. The molecule has 0 unspecified atom stereocenters. The normalized spacial score (nSPS) is 54.6. The lowest BCUT2D eigenvalue weighted by Gasteiger charge is -2.55. The molecule has 0 aromatic rings. The monoisotopic (exact) mass is 209 g/mol. The molecule has 2 aliphatic carbocycles. The van der Waals surface area contributed by atoms with Crippen LogP contribution >= 0.6 is 0 Å². The zero-order valence-electron chi connectivity index (χ0n) is 9.95. The Kier molecular flexibility index (Phi) is 2.16. The van der Waals surface area contributed by atoms with E-state index >= 15 is 0 Å². The fourth-order valence-electron chi connectivity index (χ4n) is 4.75. The highest BCUT2D eigenvalue weighted by Gasteiger charge is 2.57. The molecule has 5 atom stereocenters. The molecule has 4 bridgehead atoms. The van der Waals surface area contributed by atoms with Gasteiger partial charge < -0.3 is 5.11 Å². The molecule has 1 heterocycles. The minimum absolute atomic E-state index is 0.00933. The number of hydrogen-bond acceptors (Lipinski definition) is 2. The Morgan fingerprint density at radius 3 is 2.87 bits per heavy atom. The van der Waals surface area contributed by atoms with Crippen LogP contribution in [0.15, 0.2) is 0 Å². The van der Waals surface area contributed by atoms with Crippen LogP contribution in [0.25, 0.3) is 0 Å². The van der Waals surface area contributed by atoms with Gasteiger partial charge in [-0.15, -0.1) is 0 Å². The zero-order chi connectivity index (χ0) is 10.6. The molecular weight excluding hydrogens is 186 g/mol. The van der Waals surface area contributed by atoms with Gasteiger partial charge in [-0.3, -0.25) is 4.90 Å². The number of aliphatic hydroxyl groups is 1. The van der Waals surface area contributed by atoms with Crippen molar-refractivity contribution in [3.05, 3.63) is 0 Å². The van der Waals surface area contributed by atoms with Crippen LogP contribution in [0.5, 0.6) is 0 Å². The number of nitrogens with zero attached hydrogens (tertiary/aromatic N) is 1. The Balaban J connectivity index is 1.96. The first-order valence-electron chi connectivity index (χ1n) is 6.58. The summed E-state index contributed by atoms with van der Waals surface area (Å²) in [5, 5.41) is 10.2. The second-order valence-electron chi connectivity index (χ2n) is 6.15. The topological polar surface area (TPSA) is 23.5 Å². The average molecular weight is 209 g/mol. The maximum Gasteiger partial charge on any atom is 0.0586 e. The first kappa shape index (κ1) is 10.1. The Bertz CT molecular complexity index is 267. The quantitative estimate of drug-likeness (QED) is 0.713. The third-order valence-electron chi connectivity index (χ3n) is 5.47. The van der Waals surface area contributed by atoms with E-state index < -0.39 is 0 Å². The smallest absolute Gasteiger partial charge is 0.0586 e. The van der Waals surface area contributed by atoms with E-state index in [9.17, 15) is 5.11 Å². The summed E-state index contributed by atoms with van der Waals surface area (Å²) >= 11 is 0. The van der Waals surface area contributed by atoms with Crippen LogP contribution in [0.4, 0.5) is 0 Å². The molecule has 3 fully saturated rings. The van der Waals surface area contributed by atoms with Gasteiger partial charge in [-0.2, -0.15) is 0 Å². The predicted octanol–water partition coefficient (Wildman–Crippen LogP) is 1.88. The van der Waals surface area contributed by atoms with Crippen LogP contribution in [0.2, 0.25) is 0 Å². The SMILES string of the molecule is CCN1C[C@]2(C)CC[C@H](O)[C@@H]3[C@H]1CC[C@@H]32. The minimum atomic E-state index is -0.00933. The lowest BCUT2D eigenvalue weighted by Crippen LogP contribution is -2.59. The molecule has 3 rings (SSSR count). The molecule has 0 radical (unpaired) electrons. The van der Waals surface area contributed by atoms with Gasteiger partial charge in [0.1, 0.15) is 0 Å². The summed E-state index contributed by atoms with van der Waals surface area (Å²) in [5.41, 5.74) is 0.507. The zero-order valence-corrected chi connectivity index (χ0v) is 9.95. The van der Waals surface area contributed by atoms with E-state index in [0.717, 1.165) is 18.9 Å². The fraction of sp³-hybridized carbons (Fsp3) is 1.00. The van der Waals surface area contributed by atoms with Gasteiger partial charge >= 0.3 is 0 Å². The second kappa shape index (κ2) is 3.21. The number of aliphatic hydroxyl groups excluding tert-OH is 1. The second-order valence-corrected chi connectivity index (χ2v) is 6.15. The highest BCUT2D eigenvalue weighted by atomic mass is 16.3. The summed E-state index contributed by atoms with van der Waals surface area (Å²) in [6, 6.07) is 0.698. The first-order valence-corrected chi connectivity index (χ1v) is 6.58. The predicted molar refractivity (Wildman–Crippen MR) is 60.6 cm³/mol. The van der Waals surface area contributed by atoms with Crippen molar-refractivity contribution >= 4 is 0 Å². The largest absolute Gasteiger partial charge is 0.393 e. The van der Waals surface area contributed by atoms with Crippen molar-refractivity contribution in [3.8, 4) is 0 Å². The molecule has 0 amide bonds. The van der Waals surface area contributed by atoms with Crippen LogP contribution in [0.3, 0.4) is 0 Å². The van der Waals surface area contributed by atoms with Crippen LogP contribution in [0, 0.1) is 17.3 Å². The van der Waals surface area contributed by atoms with Crippen molar-refractivity contribution in [3.63, 3.8) is 0 Å². The van der Waals surface area contributed by atoms with Crippen LogP contribution in [-0.4, -0.2) is 35.2 Å². The van der Waals surface area contributed by atoms with Gasteiger partial charge in [0.15, 0.2) is 0 Å². The van der Waals surface area contributed by atoms with Crippen LogP contribution < -0.4 is 0 Å². The van der Waals surface area contributed by atoms with Crippen LogP contribution in [-0.2, 0) is 0 Å². The molecule has 2 saturated carbocycles. The van der Waals surface area contributed by atoms with E-state index in [0.29, 0.717) is 17.4 Å². The third-order valence-corrected chi connectivity index (χ3v) is 5.47.